The first-order valence-electron chi connectivity index (χ1n) is 6.56. The van der Waals surface area contributed by atoms with Gasteiger partial charge in [-0.1, -0.05) is 32.0 Å². The van der Waals surface area contributed by atoms with Gasteiger partial charge in [0.15, 0.2) is 0 Å². The van der Waals surface area contributed by atoms with Crippen LogP contribution in [0.25, 0.3) is 0 Å². The van der Waals surface area contributed by atoms with E-state index in [1.54, 1.807) is 0 Å². The van der Waals surface area contributed by atoms with Crippen LogP contribution in [0.4, 0.5) is 4.39 Å². The van der Waals surface area contributed by atoms with Gasteiger partial charge in [-0.3, -0.25) is 0 Å². The van der Waals surface area contributed by atoms with Crippen LogP contribution in [-0.4, -0.2) is 6.54 Å². The summed E-state index contributed by atoms with van der Waals surface area (Å²) in [4.78, 5) is 0. The molecule has 1 aromatic rings. The summed E-state index contributed by atoms with van der Waals surface area (Å²) in [6.45, 7) is 4.15. The van der Waals surface area contributed by atoms with E-state index >= 15 is 0 Å². The molecule has 0 radical (unpaired) electrons. The van der Waals surface area contributed by atoms with E-state index in [0.717, 1.165) is 18.4 Å². The van der Waals surface area contributed by atoms with E-state index in [0.29, 0.717) is 12.3 Å². The maximum atomic E-state index is 14.8. The molecule has 1 unspecified atom stereocenters. The van der Waals surface area contributed by atoms with Crippen molar-refractivity contribution in [1.82, 2.24) is 0 Å². The van der Waals surface area contributed by atoms with Crippen molar-refractivity contribution in [1.29, 1.82) is 0 Å². The third-order valence-electron chi connectivity index (χ3n) is 3.67. The van der Waals surface area contributed by atoms with Crippen molar-refractivity contribution in [2.75, 3.05) is 6.54 Å². The SMILES string of the molecule is CC(C)CC(F)(CN)c1ccc2c(c1)CCC2. The van der Waals surface area contributed by atoms with Crippen LogP contribution in [0.5, 0.6) is 0 Å². The van der Waals surface area contributed by atoms with Crippen LogP contribution in [0.1, 0.15) is 43.4 Å². The minimum Gasteiger partial charge on any atom is -0.327 e. The smallest absolute Gasteiger partial charge is 0.148 e. The van der Waals surface area contributed by atoms with Crippen molar-refractivity contribution in [2.24, 2.45) is 11.7 Å². The number of benzene rings is 1. The van der Waals surface area contributed by atoms with E-state index < -0.39 is 5.67 Å². The summed E-state index contributed by atoms with van der Waals surface area (Å²) in [5, 5.41) is 0. The summed E-state index contributed by atoms with van der Waals surface area (Å²) < 4.78 is 14.8. The molecule has 1 atom stereocenters. The average molecular weight is 235 g/mol. The number of rotatable bonds is 4. The van der Waals surface area contributed by atoms with Gasteiger partial charge in [0.05, 0.1) is 0 Å². The Morgan fingerprint density at radius 3 is 2.65 bits per heavy atom. The van der Waals surface area contributed by atoms with E-state index in [9.17, 15) is 4.39 Å². The summed E-state index contributed by atoms with van der Waals surface area (Å²) in [5.41, 5.74) is 7.78. The molecule has 2 N–H and O–H groups in total. The molecule has 0 aromatic heterocycles. The minimum atomic E-state index is -1.36. The Morgan fingerprint density at radius 2 is 2.00 bits per heavy atom. The first kappa shape index (κ1) is 12.6. The Balaban J connectivity index is 2.31. The molecule has 1 aliphatic rings. The van der Waals surface area contributed by atoms with Crippen LogP contribution in [0.3, 0.4) is 0 Å². The quantitative estimate of drug-likeness (QED) is 0.851. The Bertz CT molecular complexity index is 400. The zero-order valence-electron chi connectivity index (χ0n) is 10.8. The maximum absolute atomic E-state index is 14.8. The summed E-state index contributed by atoms with van der Waals surface area (Å²) in [6.07, 6.45) is 3.93. The predicted octanol–water partition coefficient (Wildman–Crippen LogP) is 3.34. The lowest BCUT2D eigenvalue weighted by Gasteiger charge is -2.26. The number of hydrogen-bond acceptors (Lipinski definition) is 1. The van der Waals surface area contributed by atoms with Crippen LogP contribution in [0, 0.1) is 5.92 Å². The van der Waals surface area contributed by atoms with E-state index in [4.69, 9.17) is 5.73 Å². The van der Waals surface area contributed by atoms with Gasteiger partial charge in [-0.2, -0.15) is 0 Å². The van der Waals surface area contributed by atoms with Gasteiger partial charge in [0.25, 0.3) is 0 Å². The summed E-state index contributed by atoms with van der Waals surface area (Å²) in [6, 6.07) is 6.05. The average Bonchev–Trinajstić information content (AvgIpc) is 2.74. The highest BCUT2D eigenvalue weighted by Crippen LogP contribution is 2.34. The van der Waals surface area contributed by atoms with Crippen molar-refractivity contribution >= 4 is 0 Å². The summed E-state index contributed by atoms with van der Waals surface area (Å²) in [7, 11) is 0. The second-order valence-corrected chi connectivity index (χ2v) is 5.60. The van der Waals surface area contributed by atoms with E-state index in [1.165, 1.54) is 17.5 Å². The Labute approximate surface area is 103 Å². The van der Waals surface area contributed by atoms with Crippen LogP contribution in [-0.2, 0) is 18.5 Å². The topological polar surface area (TPSA) is 26.0 Å². The highest BCUT2D eigenvalue weighted by molar-refractivity contribution is 5.38. The van der Waals surface area contributed by atoms with Crippen LogP contribution >= 0.6 is 0 Å². The number of alkyl halides is 1. The standard InChI is InChI=1S/C15H22FN/c1-11(2)9-15(16,10-17)14-7-6-12-4-3-5-13(12)8-14/h6-8,11H,3-5,9-10,17H2,1-2H3. The van der Waals surface area contributed by atoms with Crippen molar-refractivity contribution in [2.45, 2.75) is 45.2 Å². The lowest BCUT2D eigenvalue weighted by Crippen LogP contribution is -2.32. The molecule has 1 aromatic carbocycles. The van der Waals surface area contributed by atoms with Crippen molar-refractivity contribution < 1.29 is 4.39 Å². The molecule has 0 saturated heterocycles. The van der Waals surface area contributed by atoms with Crippen molar-refractivity contribution in [3.05, 3.63) is 34.9 Å². The number of nitrogens with two attached hydrogens (primary N) is 1. The van der Waals surface area contributed by atoms with Crippen molar-refractivity contribution in [3.63, 3.8) is 0 Å². The number of halogens is 1. The minimum absolute atomic E-state index is 0.0734. The first-order chi connectivity index (χ1) is 8.05. The number of hydrogen-bond donors (Lipinski definition) is 1. The highest BCUT2D eigenvalue weighted by Gasteiger charge is 2.32. The molecule has 17 heavy (non-hydrogen) atoms. The predicted molar refractivity (Wildman–Crippen MR) is 69.8 cm³/mol. The summed E-state index contributed by atoms with van der Waals surface area (Å²) >= 11 is 0. The molecular weight excluding hydrogens is 213 g/mol. The second-order valence-electron chi connectivity index (χ2n) is 5.60. The lowest BCUT2D eigenvalue weighted by atomic mass is 9.86. The fourth-order valence-electron chi connectivity index (χ4n) is 2.82. The molecular formula is C15H22FN. The molecule has 0 aliphatic heterocycles. The zero-order chi connectivity index (χ0) is 12.5. The molecule has 0 amide bonds. The Morgan fingerprint density at radius 1 is 1.29 bits per heavy atom. The number of fused-ring (bicyclic) bond motifs is 1. The van der Waals surface area contributed by atoms with Gasteiger partial charge in [0, 0.05) is 6.54 Å². The molecule has 0 heterocycles. The molecule has 0 saturated carbocycles. The van der Waals surface area contributed by atoms with Gasteiger partial charge in [0.1, 0.15) is 5.67 Å². The Hall–Kier alpha value is -0.890. The van der Waals surface area contributed by atoms with Crippen LogP contribution in [0.2, 0.25) is 0 Å². The molecule has 0 fully saturated rings. The lowest BCUT2D eigenvalue weighted by molar-refractivity contribution is 0.140. The van der Waals surface area contributed by atoms with Gasteiger partial charge in [-0.25, -0.2) is 4.39 Å². The monoisotopic (exact) mass is 235 g/mol. The van der Waals surface area contributed by atoms with E-state index in [2.05, 4.69) is 6.07 Å². The van der Waals surface area contributed by atoms with Gasteiger partial charge in [-0.05, 0) is 48.3 Å². The van der Waals surface area contributed by atoms with E-state index in [-0.39, 0.29) is 6.54 Å². The molecule has 1 nitrogen and oxygen atoms in total. The Kier molecular flexibility index (Phi) is 3.53. The van der Waals surface area contributed by atoms with Crippen molar-refractivity contribution in [3.8, 4) is 0 Å². The second kappa shape index (κ2) is 4.77. The highest BCUT2D eigenvalue weighted by atomic mass is 19.1. The van der Waals surface area contributed by atoms with Gasteiger partial charge in [-0.15, -0.1) is 0 Å². The summed E-state index contributed by atoms with van der Waals surface area (Å²) in [5.74, 6) is 0.316. The van der Waals surface area contributed by atoms with Crippen LogP contribution in [0.15, 0.2) is 18.2 Å². The fraction of sp³-hybridized carbons (Fsp3) is 0.600. The maximum Gasteiger partial charge on any atom is 0.148 e. The molecule has 0 bridgehead atoms. The molecule has 94 valence electrons. The molecule has 0 spiro atoms. The third-order valence-corrected chi connectivity index (χ3v) is 3.67. The fourth-order valence-corrected chi connectivity index (χ4v) is 2.82. The molecule has 2 heteroatoms. The van der Waals surface area contributed by atoms with Crippen LogP contribution < -0.4 is 5.73 Å². The van der Waals surface area contributed by atoms with Gasteiger partial charge in [0.2, 0.25) is 0 Å². The van der Waals surface area contributed by atoms with Gasteiger partial charge < -0.3 is 5.73 Å². The normalized spacial score (nSPS) is 18.2. The molecule has 1 aliphatic carbocycles. The van der Waals surface area contributed by atoms with E-state index in [1.807, 2.05) is 26.0 Å². The van der Waals surface area contributed by atoms with Gasteiger partial charge >= 0.3 is 0 Å². The zero-order valence-corrected chi connectivity index (χ0v) is 10.8. The third kappa shape index (κ3) is 2.52. The number of aryl methyl sites for hydroxylation is 2. The molecule has 2 rings (SSSR count). The first-order valence-corrected chi connectivity index (χ1v) is 6.56. The largest absolute Gasteiger partial charge is 0.327 e.